The summed E-state index contributed by atoms with van der Waals surface area (Å²) in [7, 11) is 2.73. The van der Waals surface area contributed by atoms with E-state index in [2.05, 4.69) is 9.57 Å². The van der Waals surface area contributed by atoms with Crippen LogP contribution in [0.3, 0.4) is 0 Å². The number of carbonyl (C=O) groups excluding carboxylic acids is 2. The van der Waals surface area contributed by atoms with Gasteiger partial charge in [0.05, 0.1) is 7.11 Å². The molecule has 70 valence electrons. The summed E-state index contributed by atoms with van der Waals surface area (Å²) in [6.45, 7) is 1.41. The number of nitrogens with two attached hydrogens (primary N) is 1. The van der Waals surface area contributed by atoms with Gasteiger partial charge in [0.15, 0.2) is 6.10 Å². The Labute approximate surface area is 70.2 Å². The molecule has 0 spiro atoms. The van der Waals surface area contributed by atoms with Crippen molar-refractivity contribution >= 4 is 12.0 Å². The topological polar surface area (TPSA) is 81.9 Å². The van der Waals surface area contributed by atoms with Crippen molar-refractivity contribution in [3.63, 3.8) is 0 Å². The van der Waals surface area contributed by atoms with E-state index < -0.39 is 18.1 Å². The van der Waals surface area contributed by atoms with Crippen LogP contribution in [0, 0.1) is 0 Å². The third kappa shape index (κ3) is 3.20. The molecule has 12 heavy (non-hydrogen) atoms. The van der Waals surface area contributed by atoms with E-state index in [4.69, 9.17) is 5.73 Å². The number of rotatable bonds is 3. The van der Waals surface area contributed by atoms with Crippen LogP contribution >= 0.6 is 0 Å². The first kappa shape index (κ1) is 10.7. The second kappa shape index (κ2) is 4.55. The molecule has 0 fully saturated rings. The fraction of sp³-hybridized carbons (Fsp3) is 0.667. The molecule has 6 heteroatoms. The molecule has 0 rings (SSSR count). The first-order chi connectivity index (χ1) is 5.49. The first-order valence-electron chi connectivity index (χ1n) is 3.26. The molecule has 0 aliphatic rings. The molecule has 6 nitrogen and oxygen atoms in total. The number of likely N-dealkylation sites (N-methyl/N-ethyl adjacent to an activating group) is 1. The van der Waals surface area contributed by atoms with Gasteiger partial charge < -0.3 is 10.5 Å². The van der Waals surface area contributed by atoms with Gasteiger partial charge in [0.2, 0.25) is 0 Å². The van der Waals surface area contributed by atoms with Crippen molar-refractivity contribution in [2.24, 2.45) is 5.73 Å². The SMILES string of the molecule is CON(C)C(=O)[C@H](C)OC(N)=O. The highest BCUT2D eigenvalue weighted by Gasteiger charge is 2.19. The maximum atomic E-state index is 11.1. The molecule has 2 N–H and O–H groups in total. The monoisotopic (exact) mass is 176 g/mol. The molecule has 0 bridgehead atoms. The molecule has 1 atom stereocenters. The summed E-state index contributed by atoms with van der Waals surface area (Å²) in [6.07, 6.45) is -1.91. The molecule has 0 aliphatic heterocycles. The molecular weight excluding hydrogens is 164 g/mol. The van der Waals surface area contributed by atoms with E-state index in [0.29, 0.717) is 0 Å². The van der Waals surface area contributed by atoms with Gasteiger partial charge in [0.25, 0.3) is 5.91 Å². The van der Waals surface area contributed by atoms with Crippen LogP contribution < -0.4 is 5.73 Å². The van der Waals surface area contributed by atoms with E-state index in [0.717, 1.165) is 5.06 Å². The van der Waals surface area contributed by atoms with Crippen molar-refractivity contribution in [1.82, 2.24) is 5.06 Å². The Bertz CT molecular complexity index is 182. The van der Waals surface area contributed by atoms with E-state index >= 15 is 0 Å². The van der Waals surface area contributed by atoms with Gasteiger partial charge in [-0.1, -0.05) is 0 Å². The molecule has 0 radical (unpaired) electrons. The summed E-state index contributed by atoms with van der Waals surface area (Å²) in [5.41, 5.74) is 4.70. The predicted octanol–water partition coefficient (Wildman–Crippen LogP) is -0.510. The predicted molar refractivity (Wildman–Crippen MR) is 39.9 cm³/mol. The van der Waals surface area contributed by atoms with Gasteiger partial charge in [-0.3, -0.25) is 9.63 Å². The number of hydroxylamine groups is 2. The molecular formula is C6H12N2O4. The van der Waals surface area contributed by atoms with Gasteiger partial charge in [0.1, 0.15) is 0 Å². The summed E-state index contributed by atoms with van der Waals surface area (Å²) in [4.78, 5) is 25.9. The van der Waals surface area contributed by atoms with E-state index in [1.165, 1.54) is 21.1 Å². The number of primary amides is 1. The number of hydrogen-bond donors (Lipinski definition) is 1. The molecule has 0 aromatic rings. The number of carbonyl (C=O) groups is 2. The summed E-state index contributed by atoms with van der Waals surface area (Å²) in [5, 5.41) is 0.952. The maximum Gasteiger partial charge on any atom is 0.405 e. The highest BCUT2D eigenvalue weighted by atomic mass is 16.7. The minimum Gasteiger partial charge on any atom is -0.436 e. The summed E-state index contributed by atoms with van der Waals surface area (Å²) in [5.74, 6) is -0.476. The Hall–Kier alpha value is -1.30. The van der Waals surface area contributed by atoms with E-state index in [9.17, 15) is 9.59 Å². The van der Waals surface area contributed by atoms with Crippen molar-refractivity contribution in [2.75, 3.05) is 14.2 Å². The lowest BCUT2D eigenvalue weighted by atomic mass is 10.4. The number of ether oxygens (including phenoxy) is 1. The van der Waals surface area contributed by atoms with Crippen LogP contribution in [0.5, 0.6) is 0 Å². The zero-order valence-electron chi connectivity index (χ0n) is 7.23. The molecule has 0 aromatic heterocycles. The Morgan fingerprint density at radius 1 is 1.50 bits per heavy atom. The lowest BCUT2D eigenvalue weighted by Gasteiger charge is -2.17. The van der Waals surface area contributed by atoms with Crippen molar-refractivity contribution in [1.29, 1.82) is 0 Å². The van der Waals surface area contributed by atoms with E-state index in [1.54, 1.807) is 0 Å². The summed E-state index contributed by atoms with van der Waals surface area (Å²) in [6, 6.07) is 0. The number of amides is 2. The fourth-order valence-corrected chi connectivity index (χ4v) is 0.571. The smallest absolute Gasteiger partial charge is 0.405 e. The van der Waals surface area contributed by atoms with Crippen LogP contribution in [-0.2, 0) is 14.4 Å². The molecule has 0 unspecified atom stereocenters. The third-order valence-corrected chi connectivity index (χ3v) is 1.22. The van der Waals surface area contributed by atoms with Gasteiger partial charge in [-0.05, 0) is 6.92 Å². The third-order valence-electron chi connectivity index (χ3n) is 1.22. The molecule has 2 amide bonds. The highest BCUT2D eigenvalue weighted by molar-refractivity contribution is 5.81. The second-order valence-corrected chi connectivity index (χ2v) is 2.10. The Kier molecular flexibility index (Phi) is 4.06. The molecule has 0 saturated carbocycles. The lowest BCUT2D eigenvalue weighted by Crippen LogP contribution is -2.37. The van der Waals surface area contributed by atoms with E-state index in [1.807, 2.05) is 0 Å². The van der Waals surface area contributed by atoms with Crippen LogP contribution in [0.25, 0.3) is 0 Å². The van der Waals surface area contributed by atoms with Crippen molar-refractivity contribution in [3.8, 4) is 0 Å². The largest absolute Gasteiger partial charge is 0.436 e. The van der Waals surface area contributed by atoms with Crippen LogP contribution in [0.4, 0.5) is 4.79 Å². The summed E-state index contributed by atoms with van der Waals surface area (Å²) >= 11 is 0. The van der Waals surface area contributed by atoms with Crippen LogP contribution in [0.2, 0.25) is 0 Å². The van der Waals surface area contributed by atoms with Gasteiger partial charge in [-0.2, -0.15) is 0 Å². The second-order valence-electron chi connectivity index (χ2n) is 2.10. The zero-order valence-corrected chi connectivity index (χ0v) is 7.23. The van der Waals surface area contributed by atoms with Crippen LogP contribution in [0.1, 0.15) is 6.92 Å². The Morgan fingerprint density at radius 3 is 2.33 bits per heavy atom. The van der Waals surface area contributed by atoms with E-state index in [-0.39, 0.29) is 0 Å². The number of nitrogens with zero attached hydrogens (tertiary/aromatic N) is 1. The lowest BCUT2D eigenvalue weighted by molar-refractivity contribution is -0.176. The normalized spacial score (nSPS) is 11.9. The first-order valence-corrected chi connectivity index (χ1v) is 3.26. The summed E-state index contributed by atoms with van der Waals surface area (Å²) < 4.78 is 4.40. The van der Waals surface area contributed by atoms with Crippen LogP contribution in [0.15, 0.2) is 0 Å². The quantitative estimate of drug-likeness (QED) is 0.587. The van der Waals surface area contributed by atoms with Gasteiger partial charge in [-0.25, -0.2) is 9.86 Å². The fourth-order valence-electron chi connectivity index (χ4n) is 0.571. The van der Waals surface area contributed by atoms with Crippen molar-refractivity contribution in [3.05, 3.63) is 0 Å². The van der Waals surface area contributed by atoms with Crippen molar-refractivity contribution in [2.45, 2.75) is 13.0 Å². The highest BCUT2D eigenvalue weighted by Crippen LogP contribution is 1.96. The number of hydrogen-bond acceptors (Lipinski definition) is 4. The molecule has 0 saturated heterocycles. The van der Waals surface area contributed by atoms with Crippen molar-refractivity contribution < 1.29 is 19.2 Å². The zero-order chi connectivity index (χ0) is 9.72. The average molecular weight is 176 g/mol. The minimum atomic E-state index is -0.986. The Morgan fingerprint density at radius 2 is 2.00 bits per heavy atom. The minimum absolute atomic E-state index is 0.476. The van der Waals surface area contributed by atoms with Gasteiger partial charge >= 0.3 is 6.09 Å². The molecule has 0 heterocycles. The standard InChI is InChI=1S/C6H12N2O4/c1-4(12-6(7)10)5(9)8(2)11-3/h4H,1-3H3,(H2,7,10)/t4-/m0/s1. The Balaban J connectivity index is 4.01. The average Bonchev–Trinajstić information content (AvgIpc) is 2.00. The maximum absolute atomic E-state index is 11.1. The van der Waals surface area contributed by atoms with Gasteiger partial charge in [-0.15, -0.1) is 0 Å². The van der Waals surface area contributed by atoms with Gasteiger partial charge in [0, 0.05) is 7.05 Å². The van der Waals surface area contributed by atoms with Crippen LogP contribution in [-0.4, -0.2) is 37.3 Å². The molecule has 0 aliphatic carbocycles. The molecule has 0 aromatic carbocycles.